The van der Waals surface area contributed by atoms with E-state index in [2.05, 4.69) is 0 Å². The van der Waals surface area contributed by atoms with Gasteiger partial charge in [0.2, 0.25) is 0 Å². The van der Waals surface area contributed by atoms with E-state index in [9.17, 15) is 20.1 Å². The van der Waals surface area contributed by atoms with E-state index in [0.717, 1.165) is 6.61 Å². The Balaban J connectivity index is -0.000000403. The number of halogens is 1. The van der Waals surface area contributed by atoms with E-state index >= 15 is 0 Å². The molecule has 1 aliphatic heterocycles. The molecule has 0 saturated carbocycles. The number of epoxide rings is 1. The Morgan fingerprint density at radius 1 is 0.968 bits per heavy atom. The Hall–Kier alpha value is -0.201. The fraction of sp³-hybridized carbons (Fsp3) is 0.933. The number of aliphatic carboxylic acids is 1. The Bertz CT molecular complexity index is 432. The average Bonchev–Trinajstić information content (AvgIpc) is 3.60. The predicted molar refractivity (Wildman–Crippen MR) is 90.8 cm³/mol. The van der Waals surface area contributed by atoms with Gasteiger partial charge >= 0.3 is 23.0 Å². The van der Waals surface area contributed by atoms with Crippen LogP contribution in [0.3, 0.4) is 0 Å². The molecule has 1 saturated heterocycles. The van der Waals surface area contributed by atoms with Crippen molar-refractivity contribution in [3.63, 3.8) is 0 Å². The van der Waals surface area contributed by atoms with Crippen molar-refractivity contribution in [1.29, 1.82) is 0 Å². The van der Waals surface area contributed by atoms with Crippen molar-refractivity contribution in [1.82, 2.24) is 0 Å². The van der Waals surface area contributed by atoms with Crippen molar-refractivity contribution in [2.24, 2.45) is 0 Å². The summed E-state index contributed by atoms with van der Waals surface area (Å²) >= 11 is 5.27. The van der Waals surface area contributed by atoms with Crippen molar-refractivity contribution in [3.05, 3.63) is 0 Å². The number of carbonyl (C=O) groups is 1. The van der Waals surface area contributed by atoms with Crippen LogP contribution >= 0.6 is 11.6 Å². The van der Waals surface area contributed by atoms with Crippen molar-refractivity contribution in [3.8, 4) is 0 Å². The van der Waals surface area contributed by atoms with Crippen LogP contribution in [0.2, 0.25) is 0 Å². The fourth-order valence-electron chi connectivity index (χ4n) is 1.47. The number of rotatable bonds is 11. The molecule has 0 aliphatic carbocycles. The summed E-state index contributed by atoms with van der Waals surface area (Å²) in [7, 11) is 0. The minimum atomic E-state index is -2.20. The fourth-order valence-corrected chi connectivity index (χ4v) is 1.65. The van der Waals surface area contributed by atoms with Crippen molar-refractivity contribution >= 4 is 17.6 Å². The van der Waals surface area contributed by atoms with Gasteiger partial charge in [0.1, 0.15) is 24.4 Å². The van der Waals surface area contributed by atoms with E-state index in [1.165, 1.54) is 0 Å². The van der Waals surface area contributed by atoms with Crippen molar-refractivity contribution in [2.45, 2.75) is 54.9 Å². The molecule has 1 fully saturated rings. The Labute approximate surface area is 193 Å². The first-order chi connectivity index (χ1) is 13.9. The number of aliphatic hydroxyl groups excluding tert-OH is 8. The molecule has 9 atom stereocenters. The Kier molecular flexibility index (Phi) is 22.0. The quantitative estimate of drug-likeness (QED) is 0.0690. The maximum atomic E-state index is 10.7. The molecule has 0 aromatic carbocycles. The second kappa shape index (κ2) is 19.3. The molecule has 16 heteroatoms. The van der Waals surface area contributed by atoms with Crippen LogP contribution in [0, 0.1) is 0 Å². The number of alkyl halides is 1. The summed E-state index contributed by atoms with van der Waals surface area (Å²) in [5.41, 5.74) is 0. The molecule has 0 aromatic rings. The van der Waals surface area contributed by atoms with Crippen LogP contribution in [-0.4, -0.2) is 139 Å². The number of hydrogen-bond acceptors (Lipinski definition) is 13. The molecule has 1 heterocycles. The third-order valence-electron chi connectivity index (χ3n) is 3.53. The van der Waals surface area contributed by atoms with E-state index in [1.807, 2.05) is 0 Å². The van der Waals surface area contributed by atoms with Crippen LogP contribution in [0.1, 0.15) is 0 Å². The topological polar surface area (TPSA) is 281 Å². The second-order valence-corrected chi connectivity index (χ2v) is 6.34. The third-order valence-corrected chi connectivity index (χ3v) is 3.87. The number of hydrogen-bond donors (Lipinski definition) is 9. The average molecular weight is 524 g/mol. The van der Waals surface area contributed by atoms with Gasteiger partial charge in [-0.15, -0.1) is 17.7 Å². The normalized spacial score (nSPS) is 22.4. The van der Waals surface area contributed by atoms with E-state index in [0.29, 0.717) is 12.0 Å². The summed E-state index contributed by atoms with van der Waals surface area (Å²) in [6, 6.07) is 0. The Morgan fingerprint density at radius 2 is 1.39 bits per heavy atom. The molecule has 14 nitrogen and oxygen atoms in total. The monoisotopic (exact) mass is 523 g/mol. The zero-order valence-corrected chi connectivity index (χ0v) is 17.9. The summed E-state index contributed by atoms with van der Waals surface area (Å²) in [5, 5.41) is 109. The third kappa shape index (κ3) is 15.3. The van der Waals surface area contributed by atoms with E-state index in [1.54, 1.807) is 0 Å². The molecule has 1 unspecified atom stereocenters. The molecule has 0 bridgehead atoms. The largest absolute Gasteiger partial charge is 3.00 e. The Morgan fingerprint density at radius 3 is 1.65 bits per heavy atom. The predicted octanol–water partition coefficient (Wildman–Crippen LogP) is -8.35. The first-order valence-electron chi connectivity index (χ1n) is 8.49. The molecular formula is C15H28ClFeO14. The van der Waals surface area contributed by atoms with Crippen LogP contribution in [0.25, 0.3) is 0 Å². The van der Waals surface area contributed by atoms with Gasteiger partial charge in [0, 0.05) is 0 Å². The smallest absolute Gasteiger partial charge is 0.855 e. The second-order valence-electron chi connectivity index (χ2n) is 6.03. The molecule has 1 rings (SSSR count). The van der Waals surface area contributed by atoms with E-state index < -0.39 is 74.6 Å². The minimum Gasteiger partial charge on any atom is -0.855 e. The van der Waals surface area contributed by atoms with Crippen LogP contribution in [-0.2, 0) is 26.6 Å². The van der Waals surface area contributed by atoms with Crippen molar-refractivity contribution in [2.75, 3.05) is 32.3 Å². The van der Waals surface area contributed by atoms with Crippen LogP contribution in [0.4, 0.5) is 0 Å². The molecular weight excluding hydrogens is 495 g/mol. The van der Waals surface area contributed by atoms with Crippen LogP contribution in [0.15, 0.2) is 0 Å². The first kappa shape index (κ1) is 35.4. The molecule has 0 aromatic heterocycles. The minimum absolute atomic E-state index is 0. The maximum Gasteiger partial charge on any atom is 3.00 e. The molecule has 0 spiro atoms. The van der Waals surface area contributed by atoms with Gasteiger partial charge < -0.3 is 66.0 Å². The van der Waals surface area contributed by atoms with Crippen LogP contribution in [0.5, 0.6) is 0 Å². The summed E-state index contributed by atoms with van der Waals surface area (Å²) in [4.78, 5) is 10.1. The number of aliphatic hydroxyl groups is 8. The zero-order chi connectivity index (χ0) is 24.0. The summed E-state index contributed by atoms with van der Waals surface area (Å²) in [6.45, 7) is -1.93. The standard InChI is InChI=1S/C6H12O7.C6H11O6.C3H5ClO.Fe/c7-1-2(8)3(9)4(10)5(11)6(12)13;7-1-3(9)5(11)6(12)4(10)2-8;4-1-3-2-5-3;/h2-5,7-11H,1H2,(H,12,13);3-7,9,11H,1-2H2;3H,1-2H2;/q;-3;;+3/t2-,3-,4+,5-;3-,4+,5-,6-;;/m11../s1. The molecule has 1 aliphatic rings. The van der Waals surface area contributed by atoms with Crippen LogP contribution < -0.4 is 15.3 Å². The number of ether oxygens (including phenoxy) is 1. The molecule has 1 radical (unpaired) electrons. The molecule has 31 heavy (non-hydrogen) atoms. The molecule has 187 valence electrons. The van der Waals surface area contributed by atoms with Gasteiger partial charge in [0.25, 0.3) is 0 Å². The van der Waals surface area contributed by atoms with Gasteiger partial charge in [-0.3, -0.25) is 0 Å². The molecule has 0 amide bonds. The first-order valence-corrected chi connectivity index (χ1v) is 9.03. The summed E-state index contributed by atoms with van der Waals surface area (Å²) in [5.74, 6) is -1.06. The zero-order valence-electron chi connectivity index (χ0n) is 16.0. The maximum absolute atomic E-state index is 10.7. The van der Waals surface area contributed by atoms with Gasteiger partial charge in [-0.1, -0.05) is 0 Å². The number of carboxylic acids is 1. The molecule has 9 N–H and O–H groups in total. The van der Waals surface area contributed by atoms with Gasteiger partial charge in [0.15, 0.2) is 6.10 Å². The van der Waals surface area contributed by atoms with Gasteiger partial charge in [-0.25, -0.2) is 4.79 Å². The van der Waals surface area contributed by atoms with Gasteiger partial charge in [-0.05, 0) is 0 Å². The summed E-state index contributed by atoms with van der Waals surface area (Å²) < 4.78 is 4.73. The van der Waals surface area contributed by atoms with E-state index in [4.69, 9.17) is 62.3 Å². The van der Waals surface area contributed by atoms with Crippen molar-refractivity contribution < 1.29 is 87.9 Å². The SMILES string of the molecule is ClCC1CO1.O=C(O)[C@H](O)[C@@H](O)[C@H](O)[C@H](O)CO.[Fe+3].[O-]C[C@H]([O-])[C@@H]([O-])[C@H](O)[C@H](O)CO. The van der Waals surface area contributed by atoms with Gasteiger partial charge in [-0.2, -0.15) is 12.7 Å². The van der Waals surface area contributed by atoms with E-state index in [-0.39, 0.29) is 17.1 Å². The number of carboxylic acid groups (broad SMARTS) is 1. The summed E-state index contributed by atoms with van der Waals surface area (Å²) in [6.07, 6.45) is -15.1. The van der Waals surface area contributed by atoms with Gasteiger partial charge in [0.05, 0.1) is 37.9 Å².